The lowest BCUT2D eigenvalue weighted by Gasteiger charge is -2.09. The lowest BCUT2D eigenvalue weighted by molar-refractivity contribution is 0.574. The molecule has 0 aliphatic heterocycles. The van der Waals surface area contributed by atoms with Crippen LogP contribution >= 0.6 is 11.6 Å². The molecule has 4 nitrogen and oxygen atoms in total. The van der Waals surface area contributed by atoms with Gasteiger partial charge in [0.1, 0.15) is 5.82 Å². The van der Waals surface area contributed by atoms with Gasteiger partial charge in [-0.2, -0.15) is 0 Å². The zero-order valence-electron chi connectivity index (χ0n) is 10.3. The molecule has 0 atom stereocenters. The summed E-state index contributed by atoms with van der Waals surface area (Å²) in [5.41, 5.74) is 6.06. The number of nitrogens with one attached hydrogen (secondary N) is 1. The quantitative estimate of drug-likeness (QED) is 0.852. The van der Waals surface area contributed by atoms with E-state index in [1.807, 2.05) is 0 Å². The molecule has 2 aromatic rings. The van der Waals surface area contributed by atoms with Crippen molar-refractivity contribution in [3.05, 3.63) is 58.9 Å². The molecule has 0 amide bonds. The van der Waals surface area contributed by atoms with Gasteiger partial charge in [0.15, 0.2) is 0 Å². The summed E-state index contributed by atoms with van der Waals surface area (Å²) in [5.74, 6) is -0.558. The molecule has 2 aromatic carbocycles. The van der Waals surface area contributed by atoms with Crippen LogP contribution < -0.4 is 10.5 Å². The summed E-state index contributed by atoms with van der Waals surface area (Å²) in [6, 6.07) is 9.88. The van der Waals surface area contributed by atoms with E-state index in [4.69, 9.17) is 17.3 Å². The first-order valence-electron chi connectivity index (χ1n) is 5.68. The van der Waals surface area contributed by atoms with Crippen LogP contribution in [0.4, 0.5) is 10.1 Å². The average molecular weight is 315 g/mol. The van der Waals surface area contributed by atoms with E-state index >= 15 is 0 Å². The van der Waals surface area contributed by atoms with Gasteiger partial charge in [-0.3, -0.25) is 0 Å². The number of hydrogen-bond donors (Lipinski definition) is 2. The van der Waals surface area contributed by atoms with Gasteiger partial charge in [0.2, 0.25) is 10.0 Å². The maximum atomic E-state index is 13.5. The Hall–Kier alpha value is -1.63. The van der Waals surface area contributed by atoms with E-state index in [0.29, 0.717) is 5.69 Å². The van der Waals surface area contributed by atoms with Crippen LogP contribution in [0.3, 0.4) is 0 Å². The number of anilines is 1. The minimum atomic E-state index is -3.74. The molecule has 3 N–H and O–H groups in total. The predicted molar refractivity (Wildman–Crippen MR) is 76.3 cm³/mol. The highest BCUT2D eigenvalue weighted by Gasteiger charge is 2.15. The van der Waals surface area contributed by atoms with Crippen molar-refractivity contribution >= 4 is 27.3 Å². The smallest absolute Gasteiger partial charge is 0.240 e. The van der Waals surface area contributed by atoms with Crippen LogP contribution in [0, 0.1) is 5.82 Å². The summed E-state index contributed by atoms with van der Waals surface area (Å²) in [7, 11) is -3.74. The number of nitrogen functional groups attached to an aromatic ring is 1. The molecule has 0 heterocycles. The molecule has 0 saturated carbocycles. The molecule has 7 heteroatoms. The fourth-order valence-corrected chi connectivity index (χ4v) is 2.82. The zero-order valence-corrected chi connectivity index (χ0v) is 11.9. The van der Waals surface area contributed by atoms with Gasteiger partial charge in [-0.15, -0.1) is 0 Å². The Morgan fingerprint density at radius 2 is 1.80 bits per heavy atom. The topological polar surface area (TPSA) is 72.2 Å². The van der Waals surface area contributed by atoms with E-state index in [1.165, 1.54) is 42.5 Å². The highest BCUT2D eigenvalue weighted by atomic mass is 35.5. The lowest BCUT2D eigenvalue weighted by atomic mass is 10.2. The summed E-state index contributed by atoms with van der Waals surface area (Å²) in [5, 5.41) is 0.171. The molecule has 2 rings (SSSR count). The molecule has 0 saturated heterocycles. The number of sulfonamides is 1. The second-order valence-corrected chi connectivity index (χ2v) is 6.27. The summed E-state index contributed by atoms with van der Waals surface area (Å²) in [6.45, 7) is -0.224. The van der Waals surface area contributed by atoms with Crippen molar-refractivity contribution in [3.8, 4) is 0 Å². The fraction of sp³-hybridized carbons (Fsp3) is 0.0769. The van der Waals surface area contributed by atoms with Gasteiger partial charge >= 0.3 is 0 Å². The van der Waals surface area contributed by atoms with Crippen LogP contribution in [-0.4, -0.2) is 8.42 Å². The molecule has 0 aliphatic carbocycles. The van der Waals surface area contributed by atoms with Gasteiger partial charge in [0.25, 0.3) is 0 Å². The number of nitrogens with two attached hydrogens (primary N) is 1. The van der Waals surface area contributed by atoms with E-state index in [0.717, 1.165) is 0 Å². The number of halogens is 2. The van der Waals surface area contributed by atoms with Crippen molar-refractivity contribution in [2.24, 2.45) is 0 Å². The van der Waals surface area contributed by atoms with Crippen molar-refractivity contribution in [2.45, 2.75) is 11.4 Å². The second kappa shape index (κ2) is 5.78. The maximum absolute atomic E-state index is 13.5. The molecule has 0 fully saturated rings. The normalized spacial score (nSPS) is 11.5. The molecule has 0 spiro atoms. The second-order valence-electron chi connectivity index (χ2n) is 4.09. The third kappa shape index (κ3) is 3.27. The Labute approximate surface area is 121 Å². The third-order valence-corrected chi connectivity index (χ3v) is 4.46. The van der Waals surface area contributed by atoms with Crippen LogP contribution in [0.1, 0.15) is 5.56 Å². The monoisotopic (exact) mass is 314 g/mol. The van der Waals surface area contributed by atoms with Crippen molar-refractivity contribution in [2.75, 3.05) is 5.73 Å². The molecule has 106 valence electrons. The lowest BCUT2D eigenvalue weighted by Crippen LogP contribution is -2.23. The van der Waals surface area contributed by atoms with E-state index in [2.05, 4.69) is 4.72 Å². The van der Waals surface area contributed by atoms with Gasteiger partial charge < -0.3 is 5.73 Å². The first-order chi connectivity index (χ1) is 9.40. The standard InChI is InChI=1S/C13H12ClFN2O2S/c14-12-2-1-3-13(15)11(12)8-17-20(18,19)10-6-4-9(16)5-7-10/h1-7,17H,8,16H2. The minimum absolute atomic E-state index is 0.0548. The van der Waals surface area contributed by atoms with E-state index < -0.39 is 15.8 Å². The van der Waals surface area contributed by atoms with Crippen LogP contribution in [0.2, 0.25) is 5.02 Å². The highest BCUT2D eigenvalue weighted by molar-refractivity contribution is 7.89. The van der Waals surface area contributed by atoms with Crippen LogP contribution in [0.15, 0.2) is 47.4 Å². The molecule has 0 aliphatic rings. The first kappa shape index (κ1) is 14.8. The van der Waals surface area contributed by atoms with E-state index in [9.17, 15) is 12.8 Å². The Morgan fingerprint density at radius 3 is 2.40 bits per heavy atom. The molecule has 0 radical (unpaired) electrons. The molecular formula is C13H12ClFN2O2S. The number of benzene rings is 2. The van der Waals surface area contributed by atoms with Crippen LogP contribution in [0.5, 0.6) is 0 Å². The summed E-state index contributed by atoms with van der Waals surface area (Å²) in [4.78, 5) is 0.0548. The van der Waals surface area contributed by atoms with Gasteiger partial charge in [0.05, 0.1) is 4.90 Å². The van der Waals surface area contributed by atoms with E-state index in [-0.39, 0.29) is 22.0 Å². The molecule has 0 aromatic heterocycles. The Bertz CT molecular complexity index is 697. The predicted octanol–water partition coefficient (Wildman–Crippen LogP) is 2.54. The van der Waals surface area contributed by atoms with Gasteiger partial charge in [0, 0.05) is 22.8 Å². The maximum Gasteiger partial charge on any atom is 0.240 e. The summed E-state index contributed by atoms with van der Waals surface area (Å²) >= 11 is 5.83. The summed E-state index contributed by atoms with van der Waals surface area (Å²) < 4.78 is 39.9. The zero-order chi connectivity index (χ0) is 14.8. The number of rotatable bonds is 4. The van der Waals surface area contributed by atoms with Gasteiger partial charge in [-0.05, 0) is 36.4 Å². The van der Waals surface area contributed by atoms with Gasteiger partial charge in [-0.1, -0.05) is 17.7 Å². The molecule has 0 unspecified atom stereocenters. The summed E-state index contributed by atoms with van der Waals surface area (Å²) in [6.07, 6.45) is 0. The van der Waals surface area contributed by atoms with Crippen molar-refractivity contribution in [1.29, 1.82) is 0 Å². The molecule has 0 bridgehead atoms. The van der Waals surface area contributed by atoms with E-state index in [1.54, 1.807) is 0 Å². The Balaban J connectivity index is 2.20. The van der Waals surface area contributed by atoms with Crippen LogP contribution in [-0.2, 0) is 16.6 Å². The fourth-order valence-electron chi connectivity index (χ4n) is 1.60. The molecular weight excluding hydrogens is 303 g/mol. The third-order valence-electron chi connectivity index (χ3n) is 2.69. The first-order valence-corrected chi connectivity index (χ1v) is 7.54. The Morgan fingerprint density at radius 1 is 1.15 bits per heavy atom. The highest BCUT2D eigenvalue weighted by Crippen LogP contribution is 2.19. The minimum Gasteiger partial charge on any atom is -0.399 e. The van der Waals surface area contributed by atoms with Crippen molar-refractivity contribution in [1.82, 2.24) is 4.72 Å². The number of hydrogen-bond acceptors (Lipinski definition) is 3. The SMILES string of the molecule is Nc1ccc(S(=O)(=O)NCc2c(F)cccc2Cl)cc1. The molecule has 20 heavy (non-hydrogen) atoms. The van der Waals surface area contributed by atoms with Crippen LogP contribution in [0.25, 0.3) is 0 Å². The Kier molecular flexibility index (Phi) is 4.27. The van der Waals surface area contributed by atoms with Crippen molar-refractivity contribution in [3.63, 3.8) is 0 Å². The largest absolute Gasteiger partial charge is 0.399 e. The van der Waals surface area contributed by atoms with Crippen molar-refractivity contribution < 1.29 is 12.8 Å². The average Bonchev–Trinajstić information content (AvgIpc) is 2.38. The van der Waals surface area contributed by atoms with Gasteiger partial charge in [-0.25, -0.2) is 17.5 Å².